The van der Waals surface area contributed by atoms with Crippen LogP contribution in [-0.2, 0) is 17.8 Å². The molecule has 0 saturated carbocycles. The van der Waals surface area contributed by atoms with Crippen molar-refractivity contribution in [3.8, 4) is 11.5 Å². The Morgan fingerprint density at radius 1 is 1.03 bits per heavy atom. The molecule has 1 atom stereocenters. The number of hydrogen-bond donors (Lipinski definition) is 1. The van der Waals surface area contributed by atoms with Crippen molar-refractivity contribution in [1.29, 1.82) is 0 Å². The molecule has 0 bridgehead atoms. The van der Waals surface area contributed by atoms with Crippen molar-refractivity contribution in [2.45, 2.75) is 39.3 Å². The molecule has 3 aromatic heterocycles. The van der Waals surface area contributed by atoms with E-state index in [0.717, 1.165) is 12.8 Å². The quantitative estimate of drug-likeness (QED) is 0.351. The molecule has 1 unspecified atom stereocenters. The summed E-state index contributed by atoms with van der Waals surface area (Å²) in [5.74, 6) is -0.263. The molecule has 0 aliphatic rings. The Balaban J connectivity index is 1.46. The van der Waals surface area contributed by atoms with Gasteiger partial charge in [0.2, 0.25) is 5.91 Å². The Morgan fingerprint density at radius 2 is 1.78 bits per heavy atom. The van der Waals surface area contributed by atoms with Gasteiger partial charge >= 0.3 is 0 Å². The van der Waals surface area contributed by atoms with E-state index < -0.39 is 11.4 Å². The van der Waals surface area contributed by atoms with Crippen LogP contribution in [0.25, 0.3) is 22.4 Å². The van der Waals surface area contributed by atoms with E-state index in [0.29, 0.717) is 28.1 Å². The second-order valence-electron chi connectivity index (χ2n) is 9.07. The molecule has 2 aromatic carbocycles. The van der Waals surface area contributed by atoms with E-state index in [1.54, 1.807) is 36.0 Å². The van der Waals surface area contributed by atoms with E-state index in [9.17, 15) is 14.0 Å². The molecule has 37 heavy (non-hydrogen) atoms. The van der Waals surface area contributed by atoms with Gasteiger partial charge in [-0.1, -0.05) is 36.4 Å². The monoisotopic (exact) mass is 498 g/mol. The van der Waals surface area contributed by atoms with E-state index >= 15 is 0 Å². The van der Waals surface area contributed by atoms with Crippen LogP contribution in [-0.4, -0.2) is 36.1 Å². The number of halogens is 1. The van der Waals surface area contributed by atoms with Crippen molar-refractivity contribution in [3.63, 3.8) is 0 Å². The molecule has 5 aromatic rings. The van der Waals surface area contributed by atoms with Gasteiger partial charge in [0.15, 0.2) is 5.82 Å². The topological polar surface area (TPSA) is 86.7 Å². The van der Waals surface area contributed by atoms with Crippen LogP contribution < -0.4 is 10.9 Å². The number of aryl methyl sites for hydroxylation is 2. The minimum absolute atomic E-state index is 0.0700. The Hall–Kier alpha value is -4.53. The van der Waals surface area contributed by atoms with Crippen molar-refractivity contribution >= 4 is 16.8 Å². The highest BCUT2D eigenvalue weighted by molar-refractivity contribution is 5.88. The van der Waals surface area contributed by atoms with Gasteiger partial charge in [-0.2, -0.15) is 10.2 Å². The van der Waals surface area contributed by atoms with Crippen LogP contribution in [0.15, 0.2) is 83.9 Å². The number of nitrogens with one attached hydrogen (secondary N) is 1. The Labute approximate surface area is 213 Å². The maximum atomic E-state index is 14.0. The number of carbonyl (C=O) groups is 1. The van der Waals surface area contributed by atoms with Crippen molar-refractivity contribution in [3.05, 3.63) is 107 Å². The molecule has 1 N–H and O–H groups in total. The Bertz CT molecular complexity index is 1610. The lowest BCUT2D eigenvalue weighted by Crippen LogP contribution is -2.38. The van der Waals surface area contributed by atoms with Crippen LogP contribution in [0.2, 0.25) is 0 Å². The van der Waals surface area contributed by atoms with E-state index in [-0.39, 0.29) is 18.5 Å². The zero-order valence-electron chi connectivity index (χ0n) is 20.6. The minimum Gasteiger partial charge on any atom is -0.352 e. The number of nitrogens with zero attached hydrogens (tertiary/aromatic N) is 5. The zero-order valence-corrected chi connectivity index (χ0v) is 20.6. The highest BCUT2D eigenvalue weighted by Crippen LogP contribution is 2.24. The fourth-order valence-corrected chi connectivity index (χ4v) is 4.43. The van der Waals surface area contributed by atoms with E-state index in [4.69, 9.17) is 0 Å². The normalized spacial score (nSPS) is 12.1. The molecule has 0 aliphatic heterocycles. The molecule has 9 heteroatoms. The Kier molecular flexibility index (Phi) is 6.68. The number of benzene rings is 2. The Morgan fingerprint density at radius 3 is 2.51 bits per heavy atom. The number of rotatable bonds is 8. The van der Waals surface area contributed by atoms with Gasteiger partial charge in [0, 0.05) is 18.4 Å². The van der Waals surface area contributed by atoms with Crippen molar-refractivity contribution in [1.82, 2.24) is 29.4 Å². The lowest BCUT2D eigenvalue weighted by atomic mass is 10.1. The smallest absolute Gasteiger partial charge is 0.280 e. The summed E-state index contributed by atoms with van der Waals surface area (Å²) < 4.78 is 18.5. The summed E-state index contributed by atoms with van der Waals surface area (Å²) in [6.45, 7) is 3.46. The second-order valence-corrected chi connectivity index (χ2v) is 9.07. The molecule has 0 radical (unpaired) electrons. The van der Waals surface area contributed by atoms with Gasteiger partial charge in [0.05, 0.1) is 11.4 Å². The summed E-state index contributed by atoms with van der Waals surface area (Å²) >= 11 is 0. The standard InChI is InChI=1S/C28H27FN6O2/c1-19(13-14-21-9-4-3-5-10-21)30-24(36)18-34-28(37)25-26(20(2)31-34)32-35(23-12-8-11-22(29)17-23)27(25)33-15-6-7-16-33/h3-12,15-17,19H,13-14,18H2,1-2H3,(H,30,36). The van der Waals surface area contributed by atoms with Crippen LogP contribution in [0.5, 0.6) is 0 Å². The SMILES string of the molecule is Cc1nn(CC(=O)NC(C)CCc2ccccc2)c(=O)c2c(-n3cccc3)n(-c3cccc(F)c3)nc12. The molecular formula is C28H27FN6O2. The van der Waals surface area contributed by atoms with Crippen LogP contribution >= 0.6 is 0 Å². The number of aromatic nitrogens is 5. The first-order chi connectivity index (χ1) is 17.9. The third-order valence-electron chi connectivity index (χ3n) is 6.23. The van der Waals surface area contributed by atoms with E-state index in [2.05, 4.69) is 27.6 Å². The molecule has 0 aliphatic carbocycles. The van der Waals surface area contributed by atoms with Crippen LogP contribution in [0.1, 0.15) is 24.6 Å². The van der Waals surface area contributed by atoms with Crippen LogP contribution in [0, 0.1) is 12.7 Å². The number of fused-ring (bicyclic) bond motifs is 1. The van der Waals surface area contributed by atoms with Gasteiger partial charge in [-0.05, 0) is 62.6 Å². The molecule has 0 spiro atoms. The second kappa shape index (κ2) is 10.2. The van der Waals surface area contributed by atoms with Crippen LogP contribution in [0.4, 0.5) is 4.39 Å². The predicted molar refractivity (Wildman–Crippen MR) is 140 cm³/mol. The first-order valence-corrected chi connectivity index (χ1v) is 12.1. The number of hydrogen-bond acceptors (Lipinski definition) is 4. The highest BCUT2D eigenvalue weighted by atomic mass is 19.1. The van der Waals surface area contributed by atoms with Gasteiger partial charge in [-0.15, -0.1) is 0 Å². The lowest BCUT2D eigenvalue weighted by molar-refractivity contribution is -0.122. The lowest BCUT2D eigenvalue weighted by Gasteiger charge is -2.14. The van der Waals surface area contributed by atoms with Gasteiger partial charge in [-0.3, -0.25) is 9.59 Å². The summed E-state index contributed by atoms with van der Waals surface area (Å²) in [4.78, 5) is 26.5. The zero-order chi connectivity index (χ0) is 25.9. The van der Waals surface area contributed by atoms with Gasteiger partial charge in [0.1, 0.15) is 23.3 Å². The minimum atomic E-state index is -0.445. The van der Waals surface area contributed by atoms with E-state index in [1.807, 2.05) is 37.3 Å². The van der Waals surface area contributed by atoms with Gasteiger partial charge in [0.25, 0.3) is 5.56 Å². The maximum Gasteiger partial charge on any atom is 0.280 e. The summed E-state index contributed by atoms with van der Waals surface area (Å²) in [6.07, 6.45) is 5.18. The first-order valence-electron chi connectivity index (χ1n) is 12.1. The van der Waals surface area contributed by atoms with Gasteiger partial charge < -0.3 is 9.88 Å². The fraction of sp³-hybridized carbons (Fsp3) is 0.214. The van der Waals surface area contributed by atoms with Gasteiger partial charge in [-0.25, -0.2) is 13.8 Å². The number of amides is 1. The molecule has 0 fully saturated rings. The average Bonchev–Trinajstić information content (AvgIpc) is 3.55. The predicted octanol–water partition coefficient (Wildman–Crippen LogP) is 3.96. The van der Waals surface area contributed by atoms with Crippen LogP contribution in [0.3, 0.4) is 0 Å². The molecule has 0 saturated heterocycles. The highest BCUT2D eigenvalue weighted by Gasteiger charge is 2.22. The molecular weight excluding hydrogens is 471 g/mol. The molecule has 188 valence electrons. The van der Waals surface area contributed by atoms with Crippen molar-refractivity contribution < 1.29 is 9.18 Å². The van der Waals surface area contributed by atoms with Crippen molar-refractivity contribution in [2.75, 3.05) is 0 Å². The molecule has 8 nitrogen and oxygen atoms in total. The van der Waals surface area contributed by atoms with Crippen molar-refractivity contribution in [2.24, 2.45) is 0 Å². The largest absolute Gasteiger partial charge is 0.352 e. The number of carbonyl (C=O) groups excluding carboxylic acids is 1. The average molecular weight is 499 g/mol. The third kappa shape index (κ3) is 5.06. The molecule has 3 heterocycles. The summed E-state index contributed by atoms with van der Waals surface area (Å²) in [7, 11) is 0. The molecule has 1 amide bonds. The van der Waals surface area contributed by atoms with E-state index in [1.165, 1.54) is 27.1 Å². The summed E-state index contributed by atoms with van der Waals surface area (Å²) in [6, 6.07) is 19.7. The maximum absolute atomic E-state index is 14.0. The summed E-state index contributed by atoms with van der Waals surface area (Å²) in [5, 5.41) is 12.3. The first kappa shape index (κ1) is 24.2. The fourth-order valence-electron chi connectivity index (χ4n) is 4.43. The third-order valence-corrected chi connectivity index (χ3v) is 6.23. The molecule has 5 rings (SSSR count). The summed E-state index contributed by atoms with van der Waals surface area (Å²) in [5.41, 5.74) is 2.11.